The number of halogens is 1. The van der Waals surface area contributed by atoms with E-state index in [1.807, 2.05) is 52.6 Å². The SMILES string of the molecule is CN1CCN(Cc2ccc(O[C@@H](CCCOC(=O)NCC[Si](C)(C)C)c3cccs3)cc2)C(=O)c2cnc(Cl)cc21. The summed E-state index contributed by atoms with van der Waals surface area (Å²) in [6.07, 6.45) is 2.47. The Morgan fingerprint density at radius 3 is 2.68 bits per heavy atom. The molecule has 1 aliphatic heterocycles. The lowest BCUT2D eigenvalue weighted by Crippen LogP contribution is -2.33. The Balaban J connectivity index is 1.31. The van der Waals surface area contributed by atoms with Crippen LogP contribution in [-0.2, 0) is 11.3 Å². The van der Waals surface area contributed by atoms with Crippen LogP contribution in [0.5, 0.6) is 5.75 Å². The predicted molar refractivity (Wildman–Crippen MR) is 168 cm³/mol. The van der Waals surface area contributed by atoms with Crippen LogP contribution in [0, 0.1) is 0 Å². The highest BCUT2D eigenvalue weighted by molar-refractivity contribution is 7.10. The number of thiophene rings is 1. The standard InChI is InChI=1S/C30H39ClN4O4SSi/c1-34-14-15-35(29(36)24-20-33-28(31)19-25(24)34)21-22-9-11-23(12-10-22)39-26(27-8-6-17-40-27)7-5-16-38-30(37)32-13-18-41(2,3)4/h6,8-12,17,19-20,26H,5,7,13-16,18,21H2,1-4H3,(H,32,37)/t26-/m0/s1. The van der Waals surface area contributed by atoms with Crippen LogP contribution >= 0.6 is 22.9 Å². The van der Waals surface area contributed by atoms with Crippen molar-refractivity contribution in [1.82, 2.24) is 15.2 Å². The van der Waals surface area contributed by atoms with E-state index in [1.165, 1.54) is 0 Å². The molecule has 41 heavy (non-hydrogen) atoms. The molecular formula is C30H39ClN4O4SSi. The number of alkyl carbamates (subject to hydrolysis) is 1. The molecule has 2 aromatic heterocycles. The number of hydrogen-bond acceptors (Lipinski definition) is 7. The number of aromatic nitrogens is 1. The molecule has 0 radical (unpaired) electrons. The summed E-state index contributed by atoms with van der Waals surface area (Å²) in [5.41, 5.74) is 2.37. The molecule has 0 saturated heterocycles. The molecule has 0 bridgehead atoms. The smallest absolute Gasteiger partial charge is 0.407 e. The van der Waals surface area contributed by atoms with E-state index in [0.29, 0.717) is 49.9 Å². The molecule has 0 fully saturated rings. The average Bonchev–Trinajstić information content (AvgIpc) is 3.44. The van der Waals surface area contributed by atoms with E-state index < -0.39 is 8.07 Å². The number of rotatable bonds is 12. The minimum absolute atomic E-state index is 0.0569. The molecule has 1 N–H and O–H groups in total. The Bertz CT molecular complexity index is 1300. The molecule has 0 spiro atoms. The molecule has 3 aromatic rings. The molecule has 11 heteroatoms. The number of amides is 2. The number of likely N-dealkylation sites (N-methyl/N-ethyl adjacent to an activating group) is 1. The van der Waals surface area contributed by atoms with E-state index in [4.69, 9.17) is 21.1 Å². The van der Waals surface area contributed by atoms with Crippen LogP contribution < -0.4 is 15.0 Å². The number of carbonyl (C=O) groups is 2. The van der Waals surface area contributed by atoms with Gasteiger partial charge in [0.2, 0.25) is 0 Å². The Labute approximate surface area is 252 Å². The summed E-state index contributed by atoms with van der Waals surface area (Å²) in [5, 5.41) is 5.26. The molecule has 0 unspecified atom stereocenters. The van der Waals surface area contributed by atoms with Gasteiger partial charge in [-0.25, -0.2) is 9.78 Å². The van der Waals surface area contributed by atoms with Gasteiger partial charge in [0, 0.05) is 52.4 Å². The number of hydrogen-bond donors (Lipinski definition) is 1. The minimum atomic E-state index is -1.19. The largest absolute Gasteiger partial charge is 0.485 e. The Kier molecular flexibility index (Phi) is 10.7. The van der Waals surface area contributed by atoms with Crippen LogP contribution in [-0.4, -0.2) is 63.2 Å². The minimum Gasteiger partial charge on any atom is -0.485 e. The maximum Gasteiger partial charge on any atom is 0.407 e. The number of fused-ring (bicyclic) bond motifs is 1. The van der Waals surface area contributed by atoms with Crippen LogP contribution in [0.4, 0.5) is 10.5 Å². The summed E-state index contributed by atoms with van der Waals surface area (Å²) >= 11 is 7.72. The van der Waals surface area contributed by atoms with Crippen molar-refractivity contribution < 1.29 is 19.1 Å². The third kappa shape index (κ3) is 9.21. The third-order valence-electron chi connectivity index (χ3n) is 6.91. The zero-order chi connectivity index (χ0) is 29.4. The van der Waals surface area contributed by atoms with Gasteiger partial charge in [-0.3, -0.25) is 4.79 Å². The maximum absolute atomic E-state index is 13.3. The number of nitrogens with one attached hydrogen (secondary N) is 1. The van der Waals surface area contributed by atoms with Crippen molar-refractivity contribution in [2.75, 3.05) is 38.2 Å². The zero-order valence-corrected chi connectivity index (χ0v) is 26.8. The second-order valence-electron chi connectivity index (χ2n) is 11.5. The number of nitrogens with zero attached hydrogens (tertiary/aromatic N) is 3. The van der Waals surface area contributed by atoms with E-state index in [1.54, 1.807) is 23.6 Å². The van der Waals surface area contributed by atoms with Crippen LogP contribution in [0.2, 0.25) is 30.8 Å². The quantitative estimate of drug-likeness (QED) is 0.136. The van der Waals surface area contributed by atoms with Gasteiger partial charge in [-0.1, -0.05) is 49.4 Å². The topological polar surface area (TPSA) is 84.0 Å². The average molecular weight is 615 g/mol. The Hall–Kier alpha value is -3.08. The first kappa shape index (κ1) is 30.9. The van der Waals surface area contributed by atoms with Gasteiger partial charge in [-0.15, -0.1) is 11.3 Å². The van der Waals surface area contributed by atoms with Gasteiger partial charge in [-0.05, 0) is 54.1 Å². The number of benzene rings is 1. The van der Waals surface area contributed by atoms with Gasteiger partial charge in [0.15, 0.2) is 0 Å². The Morgan fingerprint density at radius 1 is 1.20 bits per heavy atom. The maximum atomic E-state index is 13.3. The van der Waals surface area contributed by atoms with Crippen molar-refractivity contribution in [3.63, 3.8) is 0 Å². The summed E-state index contributed by atoms with van der Waals surface area (Å²) < 4.78 is 11.8. The van der Waals surface area contributed by atoms with E-state index >= 15 is 0 Å². The summed E-state index contributed by atoms with van der Waals surface area (Å²) in [7, 11) is 0.763. The summed E-state index contributed by atoms with van der Waals surface area (Å²) in [4.78, 5) is 34.4. The van der Waals surface area contributed by atoms with Crippen molar-refractivity contribution in [3.8, 4) is 5.75 Å². The molecule has 4 rings (SSSR count). The third-order valence-corrected chi connectivity index (χ3v) is 9.83. The van der Waals surface area contributed by atoms with Crippen molar-refractivity contribution in [1.29, 1.82) is 0 Å². The number of pyridine rings is 1. The second-order valence-corrected chi connectivity index (χ2v) is 18.4. The van der Waals surface area contributed by atoms with Crippen molar-refractivity contribution in [2.24, 2.45) is 0 Å². The lowest BCUT2D eigenvalue weighted by Gasteiger charge is -2.22. The highest BCUT2D eigenvalue weighted by Gasteiger charge is 2.26. The summed E-state index contributed by atoms with van der Waals surface area (Å²) in [6.45, 7) is 9.62. The van der Waals surface area contributed by atoms with E-state index in [2.05, 4.69) is 36.0 Å². The van der Waals surface area contributed by atoms with Gasteiger partial charge in [0.1, 0.15) is 17.0 Å². The molecule has 3 heterocycles. The van der Waals surface area contributed by atoms with E-state index in [9.17, 15) is 9.59 Å². The van der Waals surface area contributed by atoms with Gasteiger partial charge < -0.3 is 24.6 Å². The van der Waals surface area contributed by atoms with E-state index in [0.717, 1.165) is 34.3 Å². The second kappa shape index (κ2) is 14.2. The van der Waals surface area contributed by atoms with Crippen LogP contribution in [0.15, 0.2) is 54.0 Å². The predicted octanol–water partition coefficient (Wildman–Crippen LogP) is 6.85. The molecule has 0 aliphatic carbocycles. The van der Waals surface area contributed by atoms with Crippen molar-refractivity contribution in [3.05, 3.63) is 75.2 Å². The molecule has 0 saturated carbocycles. The summed E-state index contributed by atoms with van der Waals surface area (Å²) in [5.74, 6) is 0.696. The first-order chi connectivity index (χ1) is 19.6. The van der Waals surface area contributed by atoms with Crippen LogP contribution in [0.1, 0.15) is 39.7 Å². The van der Waals surface area contributed by atoms with Gasteiger partial charge >= 0.3 is 6.09 Å². The molecule has 2 amide bonds. The molecule has 1 aliphatic rings. The first-order valence-corrected chi connectivity index (χ1v) is 18.9. The van der Waals surface area contributed by atoms with Crippen molar-refractivity contribution in [2.45, 2.75) is 51.2 Å². The highest BCUT2D eigenvalue weighted by Crippen LogP contribution is 2.30. The zero-order valence-electron chi connectivity index (χ0n) is 24.2. The first-order valence-electron chi connectivity index (χ1n) is 13.9. The van der Waals surface area contributed by atoms with Gasteiger partial charge in [-0.2, -0.15) is 0 Å². The fourth-order valence-corrected chi connectivity index (χ4v) is 6.35. The van der Waals surface area contributed by atoms with Crippen molar-refractivity contribution >= 4 is 48.7 Å². The lowest BCUT2D eigenvalue weighted by atomic mass is 10.1. The Morgan fingerprint density at radius 2 is 1.98 bits per heavy atom. The number of ether oxygens (including phenoxy) is 2. The fraction of sp³-hybridized carbons (Fsp3) is 0.433. The number of anilines is 1. The molecule has 220 valence electrons. The lowest BCUT2D eigenvalue weighted by molar-refractivity contribution is 0.0754. The molecule has 8 nitrogen and oxygen atoms in total. The molecule has 1 aromatic carbocycles. The monoisotopic (exact) mass is 614 g/mol. The van der Waals surface area contributed by atoms with E-state index in [-0.39, 0.29) is 18.1 Å². The van der Waals surface area contributed by atoms with Gasteiger partial charge in [0.05, 0.1) is 17.9 Å². The number of carbonyl (C=O) groups excluding carboxylic acids is 2. The normalized spacial score (nSPS) is 14.3. The summed E-state index contributed by atoms with van der Waals surface area (Å²) in [6, 6.07) is 14.7. The van der Waals surface area contributed by atoms with Crippen LogP contribution in [0.25, 0.3) is 0 Å². The molecule has 1 atom stereocenters. The van der Waals surface area contributed by atoms with Crippen LogP contribution in [0.3, 0.4) is 0 Å². The molecular weight excluding hydrogens is 576 g/mol. The fourth-order valence-electron chi connectivity index (χ4n) is 4.53. The van der Waals surface area contributed by atoms with Gasteiger partial charge in [0.25, 0.3) is 5.91 Å². The highest BCUT2D eigenvalue weighted by atomic mass is 35.5.